The maximum atomic E-state index is 13.8. The number of halogens is 2. The number of amides is 1. The number of rotatable bonds is 22. The standard InChI is InChI=1S/C29H28FN3O4S.C25H20FNO5S.C6H16N2O/c1-3-33-22(18-36-2)15-32-16-24(28-31-14-23(38-28)13-19-9-11-21(30)12-10-19)26(34)27(25(32)29(33)35)37-17-20-7-5-4-6-8-20;1-2-30-25(29)23-22(31-14-17-6-4-3-5-7-17)21(28)20(15-32-23)24-27-13-19(33-24)12-16-8-10-18(26)11-9-16;1-3-8-6(4-7)5-9-2/h4-12,14,16,22H,3,13,15,17-18H2,1-2H3;3-11,13,15H,2,12,14H2,1H3;6,8H,3-5,7H2,1-2H3/t22-;;6-/m0.0/s1. The fourth-order valence-corrected chi connectivity index (χ4v) is 10.4. The van der Waals surface area contributed by atoms with Crippen LogP contribution in [-0.4, -0.2) is 97.1 Å². The van der Waals surface area contributed by atoms with Crippen LogP contribution in [0.3, 0.4) is 0 Å². The van der Waals surface area contributed by atoms with Crippen molar-refractivity contribution in [3.63, 3.8) is 0 Å². The van der Waals surface area contributed by atoms with Gasteiger partial charge in [0.1, 0.15) is 41.1 Å². The van der Waals surface area contributed by atoms with Crippen LogP contribution in [0.2, 0.25) is 0 Å². The first kappa shape index (κ1) is 59.9. The van der Waals surface area contributed by atoms with E-state index in [2.05, 4.69) is 22.2 Å². The highest BCUT2D eigenvalue weighted by molar-refractivity contribution is 7.15. The molecule has 1 aliphatic rings. The van der Waals surface area contributed by atoms with E-state index < -0.39 is 11.4 Å². The van der Waals surface area contributed by atoms with Crippen LogP contribution >= 0.6 is 22.7 Å². The number of pyridine rings is 1. The topological polar surface area (TPSA) is 200 Å². The van der Waals surface area contributed by atoms with Crippen molar-refractivity contribution >= 4 is 34.6 Å². The third-order valence-electron chi connectivity index (χ3n) is 12.4. The van der Waals surface area contributed by atoms with Gasteiger partial charge in [-0.05, 0) is 66.9 Å². The molecule has 0 unspecified atom stereocenters. The fraction of sp³-hybridized carbons (Fsp3) is 0.300. The zero-order chi connectivity index (χ0) is 57.0. The number of nitrogens with one attached hydrogen (secondary N) is 1. The maximum absolute atomic E-state index is 13.8. The van der Waals surface area contributed by atoms with E-state index in [9.17, 15) is 28.0 Å². The van der Waals surface area contributed by atoms with Crippen LogP contribution in [0.15, 0.2) is 148 Å². The molecule has 0 radical (unpaired) electrons. The predicted molar refractivity (Wildman–Crippen MR) is 305 cm³/mol. The average molecular weight is 1130 g/mol. The first-order valence-electron chi connectivity index (χ1n) is 25.9. The number of hydrogen-bond acceptors (Lipinski definition) is 16. The summed E-state index contributed by atoms with van der Waals surface area (Å²) in [6, 6.07) is 31.4. The van der Waals surface area contributed by atoms with E-state index in [4.69, 9.17) is 33.8 Å². The first-order valence-corrected chi connectivity index (χ1v) is 27.6. The molecular formula is C60H64F2N6O10S2. The minimum absolute atomic E-state index is 0.0287. The number of hydrogen-bond donors (Lipinski definition) is 2. The van der Waals surface area contributed by atoms with Crippen molar-refractivity contribution in [1.29, 1.82) is 0 Å². The Morgan fingerprint density at radius 3 is 1.77 bits per heavy atom. The minimum atomic E-state index is -0.777. The van der Waals surface area contributed by atoms with Gasteiger partial charge in [0.05, 0.1) is 37.0 Å². The number of ether oxygens (including phenoxy) is 5. The molecule has 80 heavy (non-hydrogen) atoms. The molecule has 0 bridgehead atoms. The van der Waals surface area contributed by atoms with E-state index in [1.807, 2.05) is 67.6 Å². The number of likely N-dealkylation sites (N-methyl/N-ethyl adjacent to an activating group) is 2. The molecule has 5 heterocycles. The van der Waals surface area contributed by atoms with Gasteiger partial charge < -0.3 is 48.6 Å². The number of fused-ring (bicyclic) bond motifs is 1. The van der Waals surface area contributed by atoms with Crippen LogP contribution in [0.4, 0.5) is 8.78 Å². The van der Waals surface area contributed by atoms with E-state index in [0.29, 0.717) is 67.3 Å². The Morgan fingerprint density at radius 1 is 0.738 bits per heavy atom. The summed E-state index contributed by atoms with van der Waals surface area (Å²) in [5, 5.41) is 4.16. The van der Waals surface area contributed by atoms with Crippen LogP contribution in [-0.2, 0) is 46.8 Å². The Bertz CT molecular complexity index is 3370. The molecule has 0 spiro atoms. The lowest BCUT2D eigenvalue weighted by molar-refractivity contribution is 0.0419. The van der Waals surface area contributed by atoms with Gasteiger partial charge >= 0.3 is 5.97 Å². The molecule has 1 amide bonds. The number of aromatic nitrogens is 3. The molecular weight excluding hydrogens is 1070 g/mol. The molecule has 9 rings (SSSR count). The quantitative estimate of drug-likeness (QED) is 0.0608. The third kappa shape index (κ3) is 16.0. The highest BCUT2D eigenvalue weighted by Crippen LogP contribution is 2.32. The third-order valence-corrected chi connectivity index (χ3v) is 14.5. The van der Waals surface area contributed by atoms with Crippen molar-refractivity contribution in [3.8, 4) is 32.6 Å². The van der Waals surface area contributed by atoms with Gasteiger partial charge in [-0.15, -0.1) is 22.7 Å². The minimum Gasteiger partial charge on any atom is -0.483 e. The molecule has 0 fully saturated rings. The summed E-state index contributed by atoms with van der Waals surface area (Å²) in [5.74, 6) is -2.10. The molecule has 2 atom stereocenters. The lowest BCUT2D eigenvalue weighted by Gasteiger charge is -2.37. The number of nitrogens with zero attached hydrogens (tertiary/aromatic N) is 4. The summed E-state index contributed by atoms with van der Waals surface area (Å²) in [5.41, 5.74) is 8.90. The van der Waals surface area contributed by atoms with Crippen LogP contribution in [0.25, 0.3) is 21.1 Å². The Balaban J connectivity index is 0.000000202. The van der Waals surface area contributed by atoms with E-state index >= 15 is 0 Å². The highest BCUT2D eigenvalue weighted by atomic mass is 32.1. The van der Waals surface area contributed by atoms with Gasteiger partial charge in [0.2, 0.25) is 16.6 Å². The fourth-order valence-electron chi connectivity index (χ4n) is 8.51. The normalized spacial score (nSPS) is 13.1. The zero-order valence-electron chi connectivity index (χ0n) is 45.2. The van der Waals surface area contributed by atoms with Crippen LogP contribution in [0.1, 0.15) is 73.8 Å². The molecule has 420 valence electrons. The summed E-state index contributed by atoms with van der Waals surface area (Å²) >= 11 is 2.71. The van der Waals surface area contributed by atoms with E-state index in [0.717, 1.165) is 38.6 Å². The van der Waals surface area contributed by atoms with Gasteiger partial charge in [0.15, 0.2) is 11.4 Å². The number of nitrogens with two attached hydrogens (primary N) is 1. The number of esters is 1. The number of methoxy groups -OCH3 is 2. The molecule has 0 saturated heterocycles. The summed E-state index contributed by atoms with van der Waals surface area (Å²) in [6.45, 7) is 9.59. The van der Waals surface area contributed by atoms with Crippen molar-refractivity contribution in [2.24, 2.45) is 5.73 Å². The van der Waals surface area contributed by atoms with E-state index in [1.165, 1.54) is 53.2 Å². The number of benzene rings is 4. The van der Waals surface area contributed by atoms with E-state index in [1.54, 1.807) is 73.5 Å². The van der Waals surface area contributed by atoms with Crippen LogP contribution in [0, 0.1) is 11.6 Å². The molecule has 4 aromatic heterocycles. The van der Waals surface area contributed by atoms with Gasteiger partial charge in [-0.3, -0.25) is 14.4 Å². The maximum Gasteiger partial charge on any atom is 0.378 e. The van der Waals surface area contributed by atoms with Crippen molar-refractivity contribution in [1.82, 2.24) is 24.8 Å². The first-order chi connectivity index (χ1) is 38.9. The SMILES string of the molecule is CCN1C(=O)c2c(OCc3ccccc3)c(=O)c(-c3ncc(Cc4ccc(F)cc4)s3)cn2C[C@H]1COC.CCN[C@@H](CN)COC.CCOC(=O)c1occ(-c2ncc(Cc3ccc(F)cc3)s2)c(=O)c1OCc1ccccc1. The van der Waals surface area contributed by atoms with Crippen molar-refractivity contribution in [3.05, 3.63) is 210 Å². The molecule has 20 heteroatoms. The molecule has 4 aromatic carbocycles. The Kier molecular flexibility index (Phi) is 22.5. The van der Waals surface area contributed by atoms with Crippen molar-refractivity contribution in [2.75, 3.05) is 53.7 Å². The second-order valence-electron chi connectivity index (χ2n) is 18.1. The molecule has 0 aliphatic carbocycles. The number of thiazole rings is 2. The molecule has 0 saturated carbocycles. The van der Waals surface area contributed by atoms with Gasteiger partial charge in [-0.1, -0.05) is 91.9 Å². The zero-order valence-corrected chi connectivity index (χ0v) is 46.8. The van der Waals surface area contributed by atoms with E-state index in [-0.39, 0.29) is 77.3 Å². The van der Waals surface area contributed by atoms with Crippen molar-refractivity contribution < 1.29 is 46.5 Å². The second kappa shape index (κ2) is 30.0. The summed E-state index contributed by atoms with van der Waals surface area (Å²) in [7, 11) is 3.29. The van der Waals surface area contributed by atoms with Crippen LogP contribution < -0.4 is 31.4 Å². The van der Waals surface area contributed by atoms with Gasteiger partial charge in [-0.25, -0.2) is 23.5 Å². The Morgan fingerprint density at radius 2 is 1.27 bits per heavy atom. The number of carbonyl (C=O) groups excluding carboxylic acids is 2. The van der Waals surface area contributed by atoms with Crippen LogP contribution in [0.5, 0.6) is 11.5 Å². The summed E-state index contributed by atoms with van der Waals surface area (Å²) in [6.07, 6.45) is 7.41. The summed E-state index contributed by atoms with van der Waals surface area (Å²) in [4.78, 5) is 65.4. The molecule has 8 aromatic rings. The monoisotopic (exact) mass is 1130 g/mol. The summed E-state index contributed by atoms with van der Waals surface area (Å²) < 4.78 is 60.9. The Hall–Kier alpha value is -7.72. The average Bonchev–Trinajstić information content (AvgIpc) is 4.27. The molecule has 1 aliphatic heterocycles. The lowest BCUT2D eigenvalue weighted by atomic mass is 10.1. The lowest BCUT2D eigenvalue weighted by Crippen LogP contribution is -2.51. The van der Waals surface area contributed by atoms with Gasteiger partial charge in [0, 0.05) is 81.1 Å². The predicted octanol–water partition coefficient (Wildman–Crippen LogP) is 9.59. The molecule has 3 N–H and O–H groups in total. The molecule has 16 nitrogen and oxygen atoms in total. The highest BCUT2D eigenvalue weighted by Gasteiger charge is 2.36. The van der Waals surface area contributed by atoms with Gasteiger partial charge in [0.25, 0.3) is 11.7 Å². The smallest absolute Gasteiger partial charge is 0.378 e. The Labute approximate surface area is 470 Å². The van der Waals surface area contributed by atoms with Crippen molar-refractivity contribution in [2.45, 2.75) is 65.5 Å². The van der Waals surface area contributed by atoms with Gasteiger partial charge in [-0.2, -0.15) is 0 Å². The number of carbonyl (C=O) groups is 2. The second-order valence-corrected chi connectivity index (χ2v) is 20.4. The largest absolute Gasteiger partial charge is 0.483 e.